The zero-order chi connectivity index (χ0) is 25.7. The van der Waals surface area contributed by atoms with Gasteiger partial charge < -0.3 is 24.9 Å². The Morgan fingerprint density at radius 3 is 2.54 bits per heavy atom. The molecule has 0 radical (unpaired) electrons. The molecule has 3 aromatic rings. The molecule has 1 saturated carbocycles. The third kappa shape index (κ3) is 4.31. The van der Waals surface area contributed by atoms with Crippen LogP contribution in [0.25, 0.3) is 11.0 Å². The number of nitrogens with zero attached hydrogens (tertiary/aromatic N) is 7. The highest BCUT2D eigenvalue weighted by Gasteiger charge is 2.50. The number of carbonyl (C=O) groups excluding carboxylic acids is 1. The zero-order valence-electron chi connectivity index (χ0n) is 21.3. The van der Waals surface area contributed by atoms with Gasteiger partial charge in [0.15, 0.2) is 0 Å². The Hall–Kier alpha value is -3.92. The number of rotatable bonds is 5. The average molecular weight is 501 g/mol. The van der Waals surface area contributed by atoms with Crippen molar-refractivity contribution < 1.29 is 4.79 Å². The Morgan fingerprint density at radius 1 is 1.05 bits per heavy atom. The summed E-state index contributed by atoms with van der Waals surface area (Å²) in [6.07, 6.45) is 3.99. The molecule has 0 spiro atoms. The second-order valence-electron chi connectivity index (χ2n) is 10.1. The maximum Gasteiger partial charge on any atom is 0.275 e. The van der Waals surface area contributed by atoms with Crippen molar-refractivity contribution in [2.24, 2.45) is 7.05 Å². The Kier molecular flexibility index (Phi) is 5.83. The minimum absolute atomic E-state index is 0.0408. The Morgan fingerprint density at radius 2 is 1.81 bits per heavy atom. The van der Waals surface area contributed by atoms with Crippen LogP contribution in [-0.2, 0) is 11.8 Å². The number of amides is 1. The summed E-state index contributed by atoms with van der Waals surface area (Å²) in [6, 6.07) is 10.5. The Labute approximate surface area is 215 Å². The van der Waals surface area contributed by atoms with Gasteiger partial charge in [0, 0.05) is 69.3 Å². The Balaban J connectivity index is 1.20. The average Bonchev–Trinajstić information content (AvgIpc) is 3.72. The van der Waals surface area contributed by atoms with Gasteiger partial charge in [-0.15, -0.1) is 0 Å². The first kappa shape index (κ1) is 23.5. The second kappa shape index (κ2) is 9.19. The molecule has 192 valence electrons. The fourth-order valence-corrected chi connectivity index (χ4v) is 5.52. The van der Waals surface area contributed by atoms with E-state index in [0.717, 1.165) is 43.7 Å². The topological polar surface area (TPSA) is 89.8 Å². The summed E-state index contributed by atoms with van der Waals surface area (Å²) in [7, 11) is 3.90. The fraction of sp³-hybridized carbons (Fsp3) is 0.407. The number of carbonyl (C=O) groups is 1. The first-order chi connectivity index (χ1) is 17.9. The van der Waals surface area contributed by atoms with Gasteiger partial charge in [-0.2, -0.15) is 4.98 Å². The van der Waals surface area contributed by atoms with Gasteiger partial charge in [-0.25, -0.2) is 4.98 Å². The van der Waals surface area contributed by atoms with E-state index in [9.17, 15) is 9.59 Å². The molecule has 1 aromatic carbocycles. The number of pyridine rings is 1. The number of benzene rings is 1. The van der Waals surface area contributed by atoms with E-state index in [1.54, 1.807) is 17.8 Å². The SMILES string of the molecule is C=CC(=O)N1CCN(c2cc3cnc(Nc4ccc(N5CCN(C)CC5)cc4)nc3n(C)c2=O)C2CC21. The molecule has 2 unspecified atom stereocenters. The van der Waals surface area contributed by atoms with Crippen LogP contribution in [0.1, 0.15) is 6.42 Å². The van der Waals surface area contributed by atoms with E-state index < -0.39 is 0 Å². The van der Waals surface area contributed by atoms with Crippen LogP contribution in [0, 0.1) is 0 Å². The number of anilines is 4. The Bertz CT molecular complexity index is 1410. The minimum Gasteiger partial charge on any atom is -0.369 e. The van der Waals surface area contributed by atoms with Crippen LogP contribution in [0.2, 0.25) is 0 Å². The number of likely N-dealkylation sites (N-methyl/N-ethyl adjacent to an activating group) is 1. The molecular formula is C27H32N8O2. The predicted octanol–water partition coefficient (Wildman–Crippen LogP) is 1.80. The summed E-state index contributed by atoms with van der Waals surface area (Å²) in [5.74, 6) is 0.405. The highest BCUT2D eigenvalue weighted by molar-refractivity contribution is 5.88. The van der Waals surface area contributed by atoms with Crippen molar-refractivity contribution in [2.45, 2.75) is 18.5 Å². The van der Waals surface area contributed by atoms with E-state index in [4.69, 9.17) is 0 Å². The molecule has 10 heteroatoms. The summed E-state index contributed by atoms with van der Waals surface area (Å²) in [6.45, 7) is 8.99. The van der Waals surface area contributed by atoms with E-state index in [-0.39, 0.29) is 23.6 Å². The van der Waals surface area contributed by atoms with Crippen molar-refractivity contribution in [3.63, 3.8) is 0 Å². The summed E-state index contributed by atoms with van der Waals surface area (Å²) >= 11 is 0. The molecule has 3 aliphatic rings. The maximum atomic E-state index is 13.3. The van der Waals surface area contributed by atoms with Gasteiger partial charge in [-0.3, -0.25) is 14.2 Å². The number of hydrogen-bond acceptors (Lipinski definition) is 8. The van der Waals surface area contributed by atoms with E-state index in [2.05, 4.69) is 55.7 Å². The van der Waals surface area contributed by atoms with Crippen LogP contribution in [-0.4, -0.2) is 88.6 Å². The normalized spacial score (nSPS) is 21.6. The smallest absolute Gasteiger partial charge is 0.275 e. The lowest BCUT2D eigenvalue weighted by molar-refractivity contribution is -0.126. The molecule has 1 amide bonds. The van der Waals surface area contributed by atoms with Crippen molar-refractivity contribution >= 4 is 40.0 Å². The monoisotopic (exact) mass is 500 g/mol. The second-order valence-corrected chi connectivity index (χ2v) is 10.1. The lowest BCUT2D eigenvalue weighted by Gasteiger charge is -2.34. The van der Waals surface area contributed by atoms with Crippen LogP contribution in [0.4, 0.5) is 23.0 Å². The number of aromatic nitrogens is 3. The molecule has 2 aromatic heterocycles. The number of nitrogens with one attached hydrogen (secondary N) is 1. The van der Waals surface area contributed by atoms with E-state index in [0.29, 0.717) is 30.4 Å². The van der Waals surface area contributed by atoms with Crippen molar-refractivity contribution in [3.05, 3.63) is 59.5 Å². The number of piperazine rings is 2. The predicted molar refractivity (Wildman–Crippen MR) is 146 cm³/mol. The molecule has 2 atom stereocenters. The van der Waals surface area contributed by atoms with Crippen LogP contribution >= 0.6 is 0 Å². The molecular weight excluding hydrogens is 468 g/mol. The van der Waals surface area contributed by atoms with Crippen molar-refractivity contribution in [3.8, 4) is 0 Å². The summed E-state index contributed by atoms with van der Waals surface area (Å²) < 4.78 is 1.59. The van der Waals surface area contributed by atoms with E-state index >= 15 is 0 Å². The molecule has 2 saturated heterocycles. The van der Waals surface area contributed by atoms with Gasteiger partial charge in [0.25, 0.3) is 5.56 Å². The van der Waals surface area contributed by atoms with Crippen molar-refractivity contribution in [1.82, 2.24) is 24.3 Å². The lowest BCUT2D eigenvalue weighted by Crippen LogP contribution is -2.49. The largest absolute Gasteiger partial charge is 0.369 e. The van der Waals surface area contributed by atoms with Gasteiger partial charge in [-0.05, 0) is 49.9 Å². The van der Waals surface area contributed by atoms with Gasteiger partial charge in [0.05, 0.1) is 12.1 Å². The first-order valence-electron chi connectivity index (χ1n) is 12.8. The third-order valence-corrected chi connectivity index (χ3v) is 7.80. The highest BCUT2D eigenvalue weighted by Crippen LogP contribution is 2.39. The van der Waals surface area contributed by atoms with Crippen LogP contribution < -0.4 is 20.7 Å². The molecule has 2 aliphatic heterocycles. The van der Waals surface area contributed by atoms with Crippen LogP contribution in [0.3, 0.4) is 0 Å². The van der Waals surface area contributed by atoms with E-state index in [1.807, 2.05) is 23.1 Å². The molecule has 10 nitrogen and oxygen atoms in total. The summed E-state index contributed by atoms with van der Waals surface area (Å²) in [5, 5.41) is 4.07. The van der Waals surface area contributed by atoms with Gasteiger partial charge in [0.2, 0.25) is 11.9 Å². The number of aryl methyl sites for hydroxylation is 1. The molecule has 0 bridgehead atoms. The molecule has 1 aliphatic carbocycles. The quantitative estimate of drug-likeness (QED) is 0.531. The molecule has 37 heavy (non-hydrogen) atoms. The molecule has 4 heterocycles. The van der Waals surface area contributed by atoms with Crippen molar-refractivity contribution in [1.29, 1.82) is 0 Å². The standard InChI is InChI=1S/C27H32N8O2/c1-4-24(36)35-14-13-34(21-16-22(21)35)23-15-18-17-28-27(30-25(18)32(3)26(23)37)29-19-5-7-20(8-6-19)33-11-9-31(2)10-12-33/h4-8,15,17,21-22H,1,9-14,16H2,2-3H3,(H,28,29,30). The van der Waals surface area contributed by atoms with Crippen molar-refractivity contribution in [2.75, 3.05) is 61.4 Å². The molecule has 3 fully saturated rings. The molecule has 6 rings (SSSR count). The number of hydrogen-bond donors (Lipinski definition) is 1. The van der Waals surface area contributed by atoms with Crippen LogP contribution in [0.15, 0.2) is 54.0 Å². The lowest BCUT2D eigenvalue weighted by atomic mass is 10.2. The summed E-state index contributed by atoms with van der Waals surface area (Å²) in [5.41, 5.74) is 3.22. The zero-order valence-corrected chi connectivity index (χ0v) is 21.3. The van der Waals surface area contributed by atoms with Gasteiger partial charge in [-0.1, -0.05) is 6.58 Å². The summed E-state index contributed by atoms with van der Waals surface area (Å²) in [4.78, 5) is 43.3. The highest BCUT2D eigenvalue weighted by atomic mass is 16.2. The van der Waals surface area contributed by atoms with Gasteiger partial charge >= 0.3 is 0 Å². The minimum atomic E-state index is -0.0946. The van der Waals surface area contributed by atoms with Gasteiger partial charge in [0.1, 0.15) is 11.3 Å². The van der Waals surface area contributed by atoms with E-state index in [1.165, 1.54) is 11.8 Å². The number of fused-ring (bicyclic) bond motifs is 2. The van der Waals surface area contributed by atoms with Crippen LogP contribution in [0.5, 0.6) is 0 Å². The third-order valence-electron chi connectivity index (χ3n) is 7.80. The fourth-order valence-electron chi connectivity index (χ4n) is 5.52. The first-order valence-corrected chi connectivity index (χ1v) is 12.8. The maximum absolute atomic E-state index is 13.3. The molecule has 1 N–H and O–H groups in total.